The Hall–Kier alpha value is -0.380. The molecule has 0 unspecified atom stereocenters. The summed E-state index contributed by atoms with van der Waals surface area (Å²) in [6.07, 6.45) is 11.7. The van der Waals surface area contributed by atoms with Crippen LogP contribution in [0.3, 0.4) is 0 Å². The smallest absolute Gasteiger partial charge is 0.0771 e. The van der Waals surface area contributed by atoms with Crippen molar-refractivity contribution in [2.24, 2.45) is 0 Å². The van der Waals surface area contributed by atoms with E-state index in [-0.39, 0.29) is 0 Å². The van der Waals surface area contributed by atoms with Gasteiger partial charge in [0.1, 0.15) is 0 Å². The van der Waals surface area contributed by atoms with Crippen molar-refractivity contribution in [3.05, 3.63) is 11.6 Å². The van der Waals surface area contributed by atoms with Crippen molar-refractivity contribution in [3.8, 4) is 0 Å². The molecule has 0 bridgehead atoms. The van der Waals surface area contributed by atoms with Gasteiger partial charge in [0, 0.05) is 19.1 Å². The summed E-state index contributed by atoms with van der Waals surface area (Å²) in [4.78, 5) is 2.53. The predicted molar refractivity (Wildman–Crippen MR) is 89.5 cm³/mol. The monoisotopic (exact) mass is 294 g/mol. The normalized spacial score (nSPS) is 24.5. The Morgan fingerprint density at radius 3 is 2.33 bits per heavy atom. The van der Waals surface area contributed by atoms with Crippen LogP contribution in [0.4, 0.5) is 0 Å². The first-order valence-corrected chi connectivity index (χ1v) is 8.89. The molecule has 3 nitrogen and oxygen atoms in total. The molecule has 0 aromatic rings. The molecule has 0 radical (unpaired) electrons. The molecule has 1 saturated heterocycles. The third kappa shape index (κ3) is 6.09. The zero-order valence-electron chi connectivity index (χ0n) is 14.0. The van der Waals surface area contributed by atoms with E-state index in [0.717, 1.165) is 25.9 Å². The molecule has 1 aliphatic heterocycles. The topological polar surface area (TPSA) is 35.5 Å². The van der Waals surface area contributed by atoms with Crippen LogP contribution in [0.5, 0.6) is 0 Å². The van der Waals surface area contributed by atoms with Gasteiger partial charge in [0.05, 0.1) is 5.60 Å². The Bertz CT molecular complexity index is 320. The second-order valence-electron chi connectivity index (χ2n) is 7.38. The molecule has 2 N–H and O–H groups in total. The molecule has 2 aliphatic rings. The maximum atomic E-state index is 10.7. The molecule has 1 aliphatic carbocycles. The third-order valence-electron chi connectivity index (χ3n) is 5.10. The standard InChI is InChI=1S/C18H34N2O/c1-16(2)7-12-20-13-8-17(9-14-20)19-15-18(21)10-5-3-4-6-11-18/h7,17,19,21H,3-6,8-15H2,1-2H3. The molecule has 0 spiro atoms. The fourth-order valence-electron chi connectivity index (χ4n) is 3.53. The lowest BCUT2D eigenvalue weighted by atomic mass is 9.93. The summed E-state index contributed by atoms with van der Waals surface area (Å²) >= 11 is 0. The maximum Gasteiger partial charge on any atom is 0.0771 e. The van der Waals surface area contributed by atoms with Gasteiger partial charge < -0.3 is 10.4 Å². The number of hydrogen-bond acceptors (Lipinski definition) is 3. The van der Waals surface area contributed by atoms with E-state index in [1.54, 1.807) is 0 Å². The van der Waals surface area contributed by atoms with Gasteiger partial charge in [-0.15, -0.1) is 0 Å². The van der Waals surface area contributed by atoms with Crippen LogP contribution in [0.15, 0.2) is 11.6 Å². The molecular formula is C18H34N2O. The van der Waals surface area contributed by atoms with Crippen molar-refractivity contribution in [3.63, 3.8) is 0 Å². The van der Waals surface area contributed by atoms with Crippen molar-refractivity contribution in [1.29, 1.82) is 0 Å². The highest BCUT2D eigenvalue weighted by atomic mass is 16.3. The lowest BCUT2D eigenvalue weighted by Crippen LogP contribution is -2.48. The number of allylic oxidation sites excluding steroid dienone is 1. The van der Waals surface area contributed by atoms with Crippen LogP contribution >= 0.6 is 0 Å². The lowest BCUT2D eigenvalue weighted by Gasteiger charge is -2.35. The first-order chi connectivity index (χ1) is 10.1. The summed E-state index contributed by atoms with van der Waals surface area (Å²) in [6, 6.07) is 0.597. The molecule has 0 aromatic carbocycles. The van der Waals surface area contributed by atoms with Crippen molar-refractivity contribution in [2.45, 2.75) is 76.9 Å². The van der Waals surface area contributed by atoms with E-state index >= 15 is 0 Å². The van der Waals surface area contributed by atoms with Crippen LogP contribution < -0.4 is 5.32 Å². The van der Waals surface area contributed by atoms with Gasteiger partial charge in [0.25, 0.3) is 0 Å². The Balaban J connectivity index is 1.67. The van der Waals surface area contributed by atoms with Crippen LogP contribution in [0.25, 0.3) is 0 Å². The van der Waals surface area contributed by atoms with E-state index in [1.807, 2.05) is 0 Å². The molecule has 0 amide bonds. The molecule has 21 heavy (non-hydrogen) atoms. The molecule has 0 aromatic heterocycles. The van der Waals surface area contributed by atoms with Gasteiger partial charge in [-0.05, 0) is 52.6 Å². The summed E-state index contributed by atoms with van der Waals surface area (Å²) in [5.41, 5.74) is 0.973. The van der Waals surface area contributed by atoms with Crippen LogP contribution in [0.2, 0.25) is 0 Å². The van der Waals surface area contributed by atoms with Crippen molar-refractivity contribution >= 4 is 0 Å². The third-order valence-corrected chi connectivity index (χ3v) is 5.10. The Kier molecular flexibility index (Phi) is 6.72. The van der Waals surface area contributed by atoms with Gasteiger partial charge in [-0.1, -0.05) is 37.3 Å². The van der Waals surface area contributed by atoms with Crippen molar-refractivity contribution < 1.29 is 5.11 Å². The summed E-state index contributed by atoms with van der Waals surface area (Å²) in [7, 11) is 0. The largest absolute Gasteiger partial charge is 0.389 e. The summed E-state index contributed by atoms with van der Waals surface area (Å²) in [6.45, 7) is 8.59. The minimum absolute atomic E-state index is 0.435. The SMILES string of the molecule is CC(C)=CCN1CCC(NCC2(O)CCCCCC2)CC1. The quantitative estimate of drug-likeness (QED) is 0.604. The predicted octanol–water partition coefficient (Wildman–Crippen LogP) is 3.09. The fraction of sp³-hybridized carbons (Fsp3) is 0.889. The van der Waals surface area contributed by atoms with Crippen molar-refractivity contribution in [1.82, 2.24) is 10.2 Å². The van der Waals surface area contributed by atoms with Crippen LogP contribution in [0.1, 0.15) is 65.2 Å². The van der Waals surface area contributed by atoms with E-state index in [4.69, 9.17) is 0 Å². The zero-order chi connectivity index (χ0) is 15.1. The molecule has 0 atom stereocenters. The van der Waals surface area contributed by atoms with Gasteiger partial charge in [-0.3, -0.25) is 4.90 Å². The van der Waals surface area contributed by atoms with E-state index in [0.29, 0.717) is 6.04 Å². The molecular weight excluding hydrogens is 260 g/mol. The first-order valence-electron chi connectivity index (χ1n) is 8.89. The second-order valence-corrected chi connectivity index (χ2v) is 7.38. The fourth-order valence-corrected chi connectivity index (χ4v) is 3.53. The average Bonchev–Trinajstić information content (AvgIpc) is 2.69. The van der Waals surface area contributed by atoms with E-state index in [2.05, 4.69) is 30.1 Å². The Morgan fingerprint density at radius 2 is 1.76 bits per heavy atom. The van der Waals surface area contributed by atoms with Crippen molar-refractivity contribution in [2.75, 3.05) is 26.2 Å². The van der Waals surface area contributed by atoms with Gasteiger partial charge in [0.2, 0.25) is 0 Å². The van der Waals surface area contributed by atoms with Gasteiger partial charge >= 0.3 is 0 Å². The number of rotatable bonds is 5. The minimum Gasteiger partial charge on any atom is -0.389 e. The van der Waals surface area contributed by atoms with Gasteiger partial charge in [-0.25, -0.2) is 0 Å². The van der Waals surface area contributed by atoms with E-state index in [1.165, 1.54) is 57.2 Å². The first kappa shape index (κ1) is 17.0. The molecule has 1 saturated carbocycles. The summed E-state index contributed by atoms with van der Waals surface area (Å²) in [5.74, 6) is 0. The molecule has 122 valence electrons. The number of likely N-dealkylation sites (tertiary alicyclic amines) is 1. The van der Waals surface area contributed by atoms with E-state index < -0.39 is 5.60 Å². The zero-order valence-corrected chi connectivity index (χ0v) is 14.0. The highest BCUT2D eigenvalue weighted by molar-refractivity contribution is 4.96. The number of nitrogens with one attached hydrogen (secondary N) is 1. The number of piperidine rings is 1. The highest BCUT2D eigenvalue weighted by Gasteiger charge is 2.29. The van der Waals surface area contributed by atoms with E-state index in [9.17, 15) is 5.11 Å². The second kappa shape index (κ2) is 8.30. The molecule has 1 heterocycles. The summed E-state index contributed by atoms with van der Waals surface area (Å²) in [5, 5.41) is 14.4. The average molecular weight is 294 g/mol. The highest BCUT2D eigenvalue weighted by Crippen LogP contribution is 2.26. The number of aliphatic hydroxyl groups is 1. The lowest BCUT2D eigenvalue weighted by molar-refractivity contribution is 0.0204. The minimum atomic E-state index is -0.435. The van der Waals surface area contributed by atoms with Gasteiger partial charge in [-0.2, -0.15) is 0 Å². The number of hydrogen-bond donors (Lipinski definition) is 2. The van der Waals surface area contributed by atoms with Crippen LogP contribution in [-0.4, -0.2) is 47.8 Å². The molecule has 3 heteroatoms. The molecule has 2 rings (SSSR count). The van der Waals surface area contributed by atoms with Crippen LogP contribution in [0, 0.1) is 0 Å². The Morgan fingerprint density at radius 1 is 1.14 bits per heavy atom. The number of nitrogens with zero attached hydrogens (tertiary/aromatic N) is 1. The Labute approximate surface area is 130 Å². The summed E-state index contributed by atoms with van der Waals surface area (Å²) < 4.78 is 0. The van der Waals surface area contributed by atoms with Gasteiger partial charge in [0.15, 0.2) is 0 Å². The van der Waals surface area contributed by atoms with Crippen LogP contribution in [-0.2, 0) is 0 Å². The molecule has 2 fully saturated rings. The maximum absolute atomic E-state index is 10.7.